The van der Waals surface area contributed by atoms with Crippen molar-refractivity contribution in [3.05, 3.63) is 87.3 Å². The van der Waals surface area contributed by atoms with Crippen molar-refractivity contribution in [2.75, 3.05) is 5.73 Å². The van der Waals surface area contributed by atoms with Crippen molar-refractivity contribution in [1.29, 1.82) is 0 Å². The third-order valence-corrected chi connectivity index (χ3v) is 6.03. The summed E-state index contributed by atoms with van der Waals surface area (Å²) in [5.41, 5.74) is 6.60. The Kier molecular flexibility index (Phi) is 8.71. The van der Waals surface area contributed by atoms with Crippen LogP contribution < -0.4 is 45.1 Å². The van der Waals surface area contributed by atoms with Crippen molar-refractivity contribution in [3.63, 3.8) is 0 Å². The number of allylic oxidation sites excluding steroid dienone is 2. The van der Waals surface area contributed by atoms with Crippen LogP contribution in [0.5, 0.6) is 5.88 Å². The third kappa shape index (κ3) is 6.03. The maximum Gasteiger partial charge on any atom is 1.00 e. The molecular formula is C25H18ClF4N2NaO3. The summed E-state index contributed by atoms with van der Waals surface area (Å²) in [6.45, 7) is -0.355. The molecule has 1 aliphatic rings. The van der Waals surface area contributed by atoms with Crippen LogP contribution in [0, 0.1) is 5.82 Å². The number of benzene rings is 2. The molecule has 4 rings (SSSR count). The molecule has 3 aromatic rings. The van der Waals surface area contributed by atoms with E-state index in [2.05, 4.69) is 4.98 Å². The van der Waals surface area contributed by atoms with Crippen LogP contribution in [0.3, 0.4) is 0 Å². The summed E-state index contributed by atoms with van der Waals surface area (Å²) in [6.07, 6.45) is -2.54. The molecule has 0 amide bonds. The summed E-state index contributed by atoms with van der Waals surface area (Å²) in [7, 11) is 0. The first-order chi connectivity index (χ1) is 16.5. The molecule has 0 fully saturated rings. The molecule has 2 aromatic carbocycles. The van der Waals surface area contributed by atoms with Crippen LogP contribution in [0.25, 0.3) is 11.1 Å². The van der Waals surface area contributed by atoms with Crippen molar-refractivity contribution in [2.24, 2.45) is 0 Å². The number of ether oxygens (including phenoxy) is 1. The van der Waals surface area contributed by atoms with Crippen molar-refractivity contribution in [2.45, 2.75) is 32.0 Å². The van der Waals surface area contributed by atoms with E-state index < -0.39 is 23.5 Å². The zero-order valence-electron chi connectivity index (χ0n) is 19.1. The fourth-order valence-electron chi connectivity index (χ4n) is 4.05. The molecule has 1 heterocycles. The van der Waals surface area contributed by atoms with Crippen LogP contribution in [0.4, 0.5) is 23.2 Å². The van der Waals surface area contributed by atoms with E-state index in [-0.39, 0.29) is 69.4 Å². The SMILES string of the molecule is Nc1cc(C(=O)[O-])cc(C2=C(c3cc(C(F)(F)F)cnc3OCc3c(F)cccc3Cl)CCC2)c1.[Na+]. The molecule has 0 radical (unpaired) electrons. The van der Waals surface area contributed by atoms with E-state index in [1.807, 2.05) is 0 Å². The molecule has 182 valence electrons. The number of carbonyl (C=O) groups is 1. The fraction of sp³-hybridized carbons (Fsp3) is 0.200. The smallest absolute Gasteiger partial charge is 0.545 e. The number of anilines is 1. The van der Waals surface area contributed by atoms with Crippen LogP contribution in [0.15, 0.2) is 48.7 Å². The first-order valence-electron chi connectivity index (χ1n) is 10.5. The molecule has 0 aliphatic heterocycles. The zero-order valence-corrected chi connectivity index (χ0v) is 21.8. The summed E-state index contributed by atoms with van der Waals surface area (Å²) < 4.78 is 60.4. The topological polar surface area (TPSA) is 88.3 Å². The van der Waals surface area contributed by atoms with Crippen LogP contribution in [0.2, 0.25) is 5.02 Å². The molecule has 5 nitrogen and oxygen atoms in total. The van der Waals surface area contributed by atoms with Gasteiger partial charge in [-0.3, -0.25) is 0 Å². The molecular weight excluding hydrogens is 511 g/mol. The monoisotopic (exact) mass is 528 g/mol. The molecule has 0 bridgehead atoms. The molecule has 2 N–H and O–H groups in total. The van der Waals surface area contributed by atoms with Crippen LogP contribution >= 0.6 is 11.6 Å². The second-order valence-corrected chi connectivity index (χ2v) is 8.41. The van der Waals surface area contributed by atoms with Crippen LogP contribution in [-0.4, -0.2) is 11.0 Å². The number of nitrogen functional groups attached to an aromatic ring is 1. The van der Waals surface area contributed by atoms with Gasteiger partial charge in [-0.05, 0) is 77.9 Å². The third-order valence-electron chi connectivity index (χ3n) is 5.68. The van der Waals surface area contributed by atoms with Gasteiger partial charge in [0.05, 0.1) is 16.6 Å². The zero-order chi connectivity index (χ0) is 25.3. The minimum atomic E-state index is -4.66. The molecule has 0 spiro atoms. The average Bonchev–Trinajstić information content (AvgIpc) is 3.27. The van der Waals surface area contributed by atoms with Gasteiger partial charge in [0.15, 0.2) is 0 Å². The van der Waals surface area contributed by atoms with Gasteiger partial charge in [0.25, 0.3) is 0 Å². The Hall–Kier alpha value is -2.59. The number of hydrogen-bond acceptors (Lipinski definition) is 5. The van der Waals surface area contributed by atoms with Gasteiger partial charge in [0.2, 0.25) is 5.88 Å². The molecule has 1 aromatic heterocycles. The van der Waals surface area contributed by atoms with E-state index >= 15 is 0 Å². The Bertz CT molecular complexity index is 1330. The Morgan fingerprint density at radius 3 is 2.53 bits per heavy atom. The van der Waals surface area contributed by atoms with Gasteiger partial charge < -0.3 is 20.4 Å². The van der Waals surface area contributed by atoms with Gasteiger partial charge in [0.1, 0.15) is 12.4 Å². The number of hydrogen-bond donors (Lipinski definition) is 1. The van der Waals surface area contributed by atoms with E-state index in [0.717, 1.165) is 6.07 Å². The molecule has 0 saturated carbocycles. The summed E-state index contributed by atoms with van der Waals surface area (Å²) in [5.74, 6) is -2.18. The minimum absolute atomic E-state index is 0. The van der Waals surface area contributed by atoms with Crippen LogP contribution in [0.1, 0.15) is 51.9 Å². The number of nitrogens with zero attached hydrogens (tertiary/aromatic N) is 1. The molecule has 11 heteroatoms. The van der Waals surface area contributed by atoms with Gasteiger partial charge in [-0.25, -0.2) is 9.37 Å². The second-order valence-electron chi connectivity index (χ2n) is 8.01. The molecule has 1 aliphatic carbocycles. The van der Waals surface area contributed by atoms with Crippen molar-refractivity contribution in [1.82, 2.24) is 4.98 Å². The Morgan fingerprint density at radius 2 is 1.86 bits per heavy atom. The number of pyridine rings is 1. The Morgan fingerprint density at radius 1 is 1.14 bits per heavy atom. The number of carboxylic acid groups (broad SMARTS) is 1. The number of carbonyl (C=O) groups excluding carboxylic acids is 1. The van der Waals surface area contributed by atoms with Gasteiger partial charge in [-0.15, -0.1) is 0 Å². The van der Waals surface area contributed by atoms with E-state index in [1.54, 1.807) is 6.07 Å². The first-order valence-corrected chi connectivity index (χ1v) is 10.9. The quantitative estimate of drug-likeness (QED) is 0.302. The first kappa shape index (κ1) is 28.0. The maximum absolute atomic E-state index is 14.2. The Balaban J connectivity index is 0.00000361. The second kappa shape index (κ2) is 11.2. The summed E-state index contributed by atoms with van der Waals surface area (Å²) in [6, 6.07) is 9.17. The predicted molar refractivity (Wildman–Crippen MR) is 121 cm³/mol. The van der Waals surface area contributed by atoms with Crippen molar-refractivity contribution < 1.29 is 61.8 Å². The summed E-state index contributed by atoms with van der Waals surface area (Å²) in [5, 5.41) is 11.5. The number of alkyl halides is 3. The number of carboxylic acids is 1. The number of aromatic carboxylic acids is 1. The van der Waals surface area contributed by atoms with Gasteiger partial charge >= 0.3 is 35.7 Å². The number of aromatic nitrogens is 1. The fourth-order valence-corrected chi connectivity index (χ4v) is 4.27. The molecule has 0 saturated heterocycles. The predicted octanol–water partition coefficient (Wildman–Crippen LogP) is 2.52. The van der Waals surface area contributed by atoms with E-state index in [1.165, 1.54) is 30.3 Å². The minimum Gasteiger partial charge on any atom is -0.545 e. The average molecular weight is 529 g/mol. The largest absolute Gasteiger partial charge is 1.00 e. The molecule has 36 heavy (non-hydrogen) atoms. The number of nitrogens with two attached hydrogens (primary N) is 1. The van der Waals surface area contributed by atoms with E-state index in [0.29, 0.717) is 42.2 Å². The van der Waals surface area contributed by atoms with Crippen LogP contribution in [-0.2, 0) is 12.8 Å². The van der Waals surface area contributed by atoms with E-state index in [9.17, 15) is 27.5 Å². The van der Waals surface area contributed by atoms with Gasteiger partial charge in [-0.2, -0.15) is 13.2 Å². The van der Waals surface area contributed by atoms with Crippen molar-refractivity contribution >= 4 is 34.4 Å². The number of halogens is 5. The Labute approximate surface area is 231 Å². The van der Waals surface area contributed by atoms with Crippen molar-refractivity contribution in [3.8, 4) is 5.88 Å². The summed E-state index contributed by atoms with van der Waals surface area (Å²) >= 11 is 6.04. The maximum atomic E-state index is 14.2. The normalized spacial score (nSPS) is 13.5. The van der Waals surface area contributed by atoms with Gasteiger partial charge in [-0.1, -0.05) is 17.7 Å². The summed E-state index contributed by atoms with van der Waals surface area (Å²) in [4.78, 5) is 15.3. The standard InChI is InChI=1S/C25H19ClF4N2O3.Na/c26-21-5-2-6-22(27)20(21)12-35-23-19(10-15(11-32-23)25(28,29)30)18-4-1-3-17(18)13-7-14(24(33)34)9-16(31)8-13;/h2,5-11H,1,3-4,12,31H2,(H,33,34);/q;+1/p-1. The number of rotatable bonds is 6. The van der Waals surface area contributed by atoms with Gasteiger partial charge in [0, 0.05) is 23.0 Å². The molecule has 0 unspecified atom stereocenters. The molecule has 0 atom stereocenters. The van der Waals surface area contributed by atoms with E-state index in [4.69, 9.17) is 22.1 Å².